The van der Waals surface area contributed by atoms with Gasteiger partial charge in [0.25, 0.3) is 0 Å². The van der Waals surface area contributed by atoms with E-state index in [0.29, 0.717) is 37.0 Å². The number of aromatic nitrogens is 3. The van der Waals surface area contributed by atoms with Gasteiger partial charge in [-0.15, -0.1) is 0 Å². The molecule has 0 aliphatic carbocycles. The Kier molecular flexibility index (Phi) is 9.18. The van der Waals surface area contributed by atoms with Crippen LogP contribution in [0, 0.1) is 0 Å². The summed E-state index contributed by atoms with van der Waals surface area (Å²) in [4.78, 5) is 27.2. The van der Waals surface area contributed by atoms with Crippen molar-refractivity contribution in [1.29, 1.82) is 0 Å². The first-order valence-electron chi connectivity index (χ1n) is 14.3. The van der Waals surface area contributed by atoms with Crippen LogP contribution in [0.2, 0.25) is 0 Å². The number of hydrogen-bond acceptors (Lipinski definition) is 7. The van der Waals surface area contributed by atoms with Crippen LogP contribution in [0.1, 0.15) is 59.6 Å². The topological polar surface area (TPSA) is 104 Å². The van der Waals surface area contributed by atoms with Crippen molar-refractivity contribution in [3.8, 4) is 0 Å². The van der Waals surface area contributed by atoms with Crippen molar-refractivity contribution in [2.24, 2.45) is 0 Å². The van der Waals surface area contributed by atoms with Crippen molar-refractivity contribution in [3.05, 3.63) is 70.3 Å². The third-order valence-electron chi connectivity index (χ3n) is 7.85. The Morgan fingerprint density at radius 3 is 2.13 bits per heavy atom. The molecule has 3 aromatic rings. The molecule has 2 aliphatic heterocycles. The maximum Gasteiger partial charge on any atom is 0.433 e. The van der Waals surface area contributed by atoms with Crippen LogP contribution in [-0.4, -0.2) is 58.5 Å². The van der Waals surface area contributed by atoms with Gasteiger partial charge >= 0.3 is 24.6 Å². The summed E-state index contributed by atoms with van der Waals surface area (Å²) < 4.78 is 128. The number of carboxylic acid groups (broad SMARTS) is 1. The fourth-order valence-electron chi connectivity index (χ4n) is 5.66. The fourth-order valence-corrected chi connectivity index (χ4v) is 5.66. The van der Waals surface area contributed by atoms with Crippen LogP contribution in [0.25, 0.3) is 0 Å². The Bertz CT molecular complexity index is 1590. The average Bonchev–Trinajstić information content (AvgIpc) is 2.99. The van der Waals surface area contributed by atoms with E-state index in [1.807, 2.05) is 0 Å². The van der Waals surface area contributed by atoms with Crippen molar-refractivity contribution in [2.75, 3.05) is 41.4 Å². The third-order valence-corrected chi connectivity index (χ3v) is 7.85. The van der Waals surface area contributed by atoms with E-state index in [1.54, 1.807) is 11.8 Å². The molecule has 18 heteroatoms. The number of fused-ring (bicyclic) bond motifs is 1. The van der Waals surface area contributed by atoms with Crippen molar-refractivity contribution < 1.29 is 54.2 Å². The van der Waals surface area contributed by atoms with E-state index < -0.39 is 59.9 Å². The van der Waals surface area contributed by atoms with Gasteiger partial charge < -0.3 is 20.1 Å². The molecule has 0 spiro atoms. The first-order chi connectivity index (χ1) is 22.0. The van der Waals surface area contributed by atoms with Gasteiger partial charge in [-0.1, -0.05) is 6.92 Å². The Morgan fingerprint density at radius 2 is 1.57 bits per heavy atom. The number of morpholine rings is 1. The van der Waals surface area contributed by atoms with Crippen molar-refractivity contribution in [3.63, 3.8) is 0 Å². The molecule has 1 aromatic carbocycles. The molecule has 9 nitrogen and oxygen atoms in total. The lowest BCUT2D eigenvalue weighted by Gasteiger charge is -2.38. The lowest BCUT2D eigenvalue weighted by Crippen LogP contribution is -2.45. The molecule has 1 saturated heterocycles. The minimum absolute atomic E-state index is 0.0205. The second-order valence-corrected chi connectivity index (χ2v) is 11.0. The van der Waals surface area contributed by atoms with Gasteiger partial charge in [0, 0.05) is 25.6 Å². The highest BCUT2D eigenvalue weighted by Crippen LogP contribution is 2.41. The van der Waals surface area contributed by atoms with Gasteiger partial charge in [0.15, 0.2) is 0 Å². The molecule has 1 amide bonds. The summed E-state index contributed by atoms with van der Waals surface area (Å²) >= 11 is 0. The van der Waals surface area contributed by atoms with E-state index in [-0.39, 0.29) is 60.7 Å². The number of ether oxygens (including phenoxy) is 1. The smallest absolute Gasteiger partial charge is 0.433 e. The van der Waals surface area contributed by atoms with Crippen LogP contribution in [-0.2, 0) is 29.7 Å². The van der Waals surface area contributed by atoms with Crippen LogP contribution in [0.5, 0.6) is 0 Å². The average molecular weight is 679 g/mol. The van der Waals surface area contributed by atoms with E-state index in [1.165, 1.54) is 6.20 Å². The van der Waals surface area contributed by atoms with E-state index in [9.17, 15) is 49.4 Å². The molecule has 2 aromatic heterocycles. The summed E-state index contributed by atoms with van der Waals surface area (Å²) in [7, 11) is 0. The zero-order valence-electron chi connectivity index (χ0n) is 24.5. The minimum atomic E-state index is -5.07. The quantitative estimate of drug-likeness (QED) is 0.265. The Morgan fingerprint density at radius 1 is 0.936 bits per heavy atom. The monoisotopic (exact) mass is 678 g/mol. The van der Waals surface area contributed by atoms with Crippen molar-refractivity contribution >= 4 is 23.4 Å². The summed E-state index contributed by atoms with van der Waals surface area (Å²) in [6.45, 7) is 2.90. The van der Waals surface area contributed by atoms with E-state index >= 15 is 0 Å². The lowest BCUT2D eigenvalue weighted by molar-refractivity contribution is -0.143. The number of nitrogens with zero attached hydrogens (tertiary/aromatic N) is 5. The largest absolute Gasteiger partial charge is 0.465 e. The Hall–Kier alpha value is -4.35. The summed E-state index contributed by atoms with van der Waals surface area (Å²) in [6.07, 6.45) is -15.3. The predicted octanol–water partition coefficient (Wildman–Crippen LogP) is 7.18. The van der Waals surface area contributed by atoms with E-state index in [0.717, 1.165) is 11.0 Å². The predicted molar refractivity (Wildman–Crippen MR) is 149 cm³/mol. The summed E-state index contributed by atoms with van der Waals surface area (Å²) in [6, 6.07) is 1.16. The molecule has 0 unspecified atom stereocenters. The molecular weight excluding hydrogens is 651 g/mol. The molecule has 2 aliphatic rings. The minimum Gasteiger partial charge on any atom is -0.465 e. The zero-order valence-corrected chi connectivity index (χ0v) is 24.5. The second-order valence-electron chi connectivity index (χ2n) is 11.0. The molecule has 2 N–H and O–H groups in total. The van der Waals surface area contributed by atoms with Gasteiger partial charge in [0.1, 0.15) is 5.69 Å². The number of pyridine rings is 1. The number of rotatable bonds is 6. The van der Waals surface area contributed by atoms with Gasteiger partial charge in [-0.2, -0.15) is 39.5 Å². The molecular formula is C29H27F9N6O3. The number of benzene rings is 1. The molecule has 0 radical (unpaired) electrons. The third kappa shape index (κ3) is 7.47. The lowest BCUT2D eigenvalue weighted by atomic mass is 9.93. The van der Waals surface area contributed by atoms with Gasteiger partial charge in [-0.05, 0) is 48.7 Å². The SMILES string of the molecule is CC[C@@H]1C[C@H](Nc2ncc(N3CCOCC3)c(Cc3cc(C(F)(F)F)cc(C(F)(F)F)c3)n2)c2nc(C(F)(F)F)ccc2N1C(=O)O. The van der Waals surface area contributed by atoms with Crippen LogP contribution in [0.3, 0.4) is 0 Å². The zero-order chi connectivity index (χ0) is 34.3. The van der Waals surface area contributed by atoms with Crippen LogP contribution < -0.4 is 15.1 Å². The summed E-state index contributed by atoms with van der Waals surface area (Å²) in [5.41, 5.74) is -4.58. The number of anilines is 3. The fraction of sp³-hybridized carbons (Fsp3) is 0.448. The second kappa shape index (κ2) is 12.7. The standard InChI is InChI=1S/C29H27F9N6O3/c1-2-18-13-20(24-21(44(18)26(45)46)3-4-23(42-24)29(36,37)38)41-25-39-14-22(43-5-7-47-8-6-43)19(40-25)11-15-9-16(27(30,31)32)12-17(10-15)28(33,34)35/h3-4,9-10,12,14,18,20H,2,5-8,11,13H2,1H3,(H,45,46)(H,39,40,41)/t18-,20+/m1/s1. The summed E-state index contributed by atoms with van der Waals surface area (Å²) in [5, 5.41) is 12.7. The number of hydrogen-bond donors (Lipinski definition) is 2. The number of alkyl halides is 9. The van der Waals surface area contributed by atoms with Crippen LogP contribution in [0.4, 0.5) is 61.6 Å². The van der Waals surface area contributed by atoms with Crippen LogP contribution >= 0.6 is 0 Å². The maximum atomic E-state index is 13.6. The molecule has 4 heterocycles. The highest BCUT2D eigenvalue weighted by molar-refractivity contribution is 5.88. The van der Waals surface area contributed by atoms with Gasteiger partial charge in [0.2, 0.25) is 5.95 Å². The molecule has 47 heavy (non-hydrogen) atoms. The van der Waals surface area contributed by atoms with Gasteiger partial charge in [0.05, 0.1) is 59.3 Å². The number of carbonyl (C=O) groups is 1. The first-order valence-corrected chi connectivity index (χ1v) is 14.3. The Labute approximate surface area is 261 Å². The highest BCUT2D eigenvalue weighted by Gasteiger charge is 2.41. The van der Waals surface area contributed by atoms with E-state index in [2.05, 4.69) is 20.3 Å². The molecule has 1 fully saturated rings. The maximum absolute atomic E-state index is 13.6. The molecule has 254 valence electrons. The van der Waals surface area contributed by atoms with Gasteiger partial charge in [-0.3, -0.25) is 4.90 Å². The normalized spacial score (nSPS) is 19.0. The number of amides is 1. The molecule has 2 atom stereocenters. The first kappa shape index (κ1) is 34.0. The summed E-state index contributed by atoms with van der Waals surface area (Å²) in [5.74, 6) is -0.200. The van der Waals surface area contributed by atoms with Crippen molar-refractivity contribution in [1.82, 2.24) is 15.0 Å². The van der Waals surface area contributed by atoms with Gasteiger partial charge in [-0.25, -0.2) is 19.7 Å². The van der Waals surface area contributed by atoms with Crippen molar-refractivity contribution in [2.45, 2.75) is 56.8 Å². The highest BCUT2D eigenvalue weighted by atomic mass is 19.4. The molecule has 5 rings (SSSR count). The number of nitrogens with one attached hydrogen (secondary N) is 1. The van der Waals surface area contributed by atoms with E-state index in [4.69, 9.17) is 4.74 Å². The van der Waals surface area contributed by atoms with Crippen LogP contribution in [0.15, 0.2) is 36.5 Å². The Balaban J connectivity index is 1.58. The number of halogens is 9. The molecule has 0 bridgehead atoms. The molecule has 0 saturated carbocycles.